The molecule has 0 aliphatic heterocycles. The standard InChI is InChI=1S/C55H33N3O2/c1-3-12-34(13-4-1)40-30-31-44-48(32-40)56-52(54-51(44)45-17-8-10-21-50(45)60-54)38-28-26-37(27-29-38)47-33-46(57-55(58-47)39-14-5-2-6-15-39)36-24-22-35(23-25-36)41-18-11-19-43-42-16-7-9-20-49(42)59-53(41)43/h1-33H. The van der Waals surface area contributed by atoms with Gasteiger partial charge in [-0.15, -0.1) is 0 Å². The number of pyridine rings is 1. The van der Waals surface area contributed by atoms with Gasteiger partial charge in [0.1, 0.15) is 22.4 Å². The fourth-order valence-corrected chi connectivity index (χ4v) is 8.55. The summed E-state index contributed by atoms with van der Waals surface area (Å²) in [5.41, 5.74) is 15.1. The van der Waals surface area contributed by atoms with Crippen LogP contribution in [-0.4, -0.2) is 15.0 Å². The molecule has 5 heteroatoms. The maximum Gasteiger partial charge on any atom is 0.162 e. The fourth-order valence-electron chi connectivity index (χ4n) is 8.55. The minimum atomic E-state index is 0.665. The minimum Gasteiger partial charge on any atom is -0.455 e. The molecule has 280 valence electrons. The first-order valence-electron chi connectivity index (χ1n) is 20.1. The summed E-state index contributed by atoms with van der Waals surface area (Å²) in [5.74, 6) is 0.665. The van der Waals surface area contributed by atoms with Crippen molar-refractivity contribution in [3.05, 3.63) is 200 Å². The van der Waals surface area contributed by atoms with Crippen molar-refractivity contribution in [1.82, 2.24) is 15.0 Å². The molecule has 0 aliphatic rings. The van der Waals surface area contributed by atoms with Crippen molar-refractivity contribution in [1.29, 1.82) is 0 Å². The fraction of sp³-hybridized carbons (Fsp3) is 0. The summed E-state index contributed by atoms with van der Waals surface area (Å²) < 4.78 is 13.0. The van der Waals surface area contributed by atoms with Gasteiger partial charge in [-0.2, -0.15) is 0 Å². The molecule has 4 aromatic heterocycles. The average Bonchev–Trinajstić information content (AvgIpc) is 3.91. The van der Waals surface area contributed by atoms with Crippen LogP contribution in [0, 0.1) is 0 Å². The summed E-state index contributed by atoms with van der Waals surface area (Å²) in [6.45, 7) is 0. The van der Waals surface area contributed by atoms with Crippen LogP contribution in [0.25, 0.3) is 122 Å². The van der Waals surface area contributed by atoms with Gasteiger partial charge in [0.2, 0.25) is 0 Å². The number of aromatic nitrogens is 3. The molecule has 0 N–H and O–H groups in total. The van der Waals surface area contributed by atoms with Gasteiger partial charge in [-0.1, -0.05) is 176 Å². The zero-order valence-electron chi connectivity index (χ0n) is 32.2. The first-order valence-corrected chi connectivity index (χ1v) is 20.1. The number of nitrogens with zero attached hydrogens (tertiary/aromatic N) is 3. The van der Waals surface area contributed by atoms with Gasteiger partial charge in [-0.3, -0.25) is 0 Å². The lowest BCUT2D eigenvalue weighted by molar-refractivity contribution is 0.668. The van der Waals surface area contributed by atoms with Gasteiger partial charge in [0.15, 0.2) is 11.4 Å². The van der Waals surface area contributed by atoms with Crippen LogP contribution < -0.4 is 0 Å². The van der Waals surface area contributed by atoms with Crippen molar-refractivity contribution in [2.45, 2.75) is 0 Å². The molecule has 60 heavy (non-hydrogen) atoms. The van der Waals surface area contributed by atoms with E-state index in [4.69, 9.17) is 23.8 Å². The lowest BCUT2D eigenvalue weighted by Crippen LogP contribution is -1.96. The van der Waals surface area contributed by atoms with E-state index in [-0.39, 0.29) is 0 Å². The van der Waals surface area contributed by atoms with Gasteiger partial charge in [-0.25, -0.2) is 15.0 Å². The van der Waals surface area contributed by atoms with E-state index < -0.39 is 0 Å². The van der Waals surface area contributed by atoms with Crippen molar-refractivity contribution in [3.63, 3.8) is 0 Å². The summed E-state index contributed by atoms with van der Waals surface area (Å²) in [7, 11) is 0. The zero-order valence-corrected chi connectivity index (χ0v) is 32.2. The highest BCUT2D eigenvalue weighted by atomic mass is 16.3. The summed E-state index contributed by atoms with van der Waals surface area (Å²) in [6.07, 6.45) is 0. The third kappa shape index (κ3) is 5.67. The Hall–Kier alpha value is -8.15. The molecule has 0 atom stereocenters. The van der Waals surface area contributed by atoms with Gasteiger partial charge >= 0.3 is 0 Å². The van der Waals surface area contributed by atoms with Crippen LogP contribution in [-0.2, 0) is 0 Å². The molecule has 5 nitrogen and oxygen atoms in total. The van der Waals surface area contributed by atoms with E-state index in [2.05, 4.69) is 152 Å². The Kier molecular flexibility index (Phi) is 7.78. The largest absolute Gasteiger partial charge is 0.455 e. The van der Waals surface area contributed by atoms with Crippen molar-refractivity contribution >= 4 is 54.8 Å². The molecule has 12 rings (SSSR count). The van der Waals surface area contributed by atoms with Crippen molar-refractivity contribution in [2.24, 2.45) is 0 Å². The molecule has 0 radical (unpaired) electrons. The molecular formula is C55H33N3O2. The van der Waals surface area contributed by atoms with E-state index in [1.807, 2.05) is 48.5 Å². The molecule has 0 fully saturated rings. The lowest BCUT2D eigenvalue weighted by atomic mass is 9.98. The van der Waals surface area contributed by atoms with E-state index >= 15 is 0 Å². The first-order chi connectivity index (χ1) is 29.7. The quantitative estimate of drug-likeness (QED) is 0.169. The molecule has 4 heterocycles. The number of furan rings is 2. The number of benzene rings is 8. The Labute approximate surface area is 344 Å². The van der Waals surface area contributed by atoms with Crippen LogP contribution in [0.1, 0.15) is 0 Å². The normalized spacial score (nSPS) is 11.7. The Morgan fingerprint density at radius 2 is 0.867 bits per heavy atom. The Morgan fingerprint density at radius 3 is 1.58 bits per heavy atom. The number of para-hydroxylation sites is 3. The van der Waals surface area contributed by atoms with Crippen LogP contribution >= 0.6 is 0 Å². The van der Waals surface area contributed by atoms with Gasteiger partial charge in [0.05, 0.1) is 16.9 Å². The monoisotopic (exact) mass is 767 g/mol. The Bertz CT molecular complexity index is 3570. The molecule has 0 spiro atoms. The predicted molar refractivity (Wildman–Crippen MR) is 245 cm³/mol. The zero-order chi connectivity index (χ0) is 39.6. The molecule has 0 saturated carbocycles. The molecule has 0 unspecified atom stereocenters. The van der Waals surface area contributed by atoms with Gasteiger partial charge in [0, 0.05) is 54.7 Å². The first kappa shape index (κ1) is 33.9. The maximum atomic E-state index is 6.59. The summed E-state index contributed by atoms with van der Waals surface area (Å²) in [6, 6.07) is 69.0. The van der Waals surface area contributed by atoms with E-state index in [1.54, 1.807) is 0 Å². The number of fused-ring (bicyclic) bond motifs is 8. The second-order valence-electron chi connectivity index (χ2n) is 15.1. The average molecular weight is 768 g/mol. The van der Waals surface area contributed by atoms with E-state index in [0.29, 0.717) is 5.82 Å². The highest BCUT2D eigenvalue weighted by Gasteiger charge is 2.19. The summed E-state index contributed by atoms with van der Waals surface area (Å²) >= 11 is 0. The molecule has 0 bridgehead atoms. The Balaban J connectivity index is 0.954. The van der Waals surface area contributed by atoms with Crippen molar-refractivity contribution in [3.8, 4) is 67.4 Å². The van der Waals surface area contributed by atoms with Gasteiger partial charge in [0.25, 0.3) is 0 Å². The maximum absolute atomic E-state index is 6.59. The van der Waals surface area contributed by atoms with E-state index in [9.17, 15) is 0 Å². The SMILES string of the molecule is c1ccc(-c2ccc3c(c2)nc(-c2ccc(-c4cc(-c5ccc(-c6cccc7c6oc6ccccc67)cc5)nc(-c5ccccc5)n4)cc2)c2oc4ccccc4c23)cc1. The smallest absolute Gasteiger partial charge is 0.162 e. The topological polar surface area (TPSA) is 65.0 Å². The third-order valence-electron chi connectivity index (χ3n) is 11.5. The molecular weight excluding hydrogens is 735 g/mol. The van der Waals surface area contributed by atoms with Crippen LogP contribution in [0.2, 0.25) is 0 Å². The molecule has 8 aromatic carbocycles. The van der Waals surface area contributed by atoms with Crippen molar-refractivity contribution in [2.75, 3.05) is 0 Å². The van der Waals surface area contributed by atoms with Crippen LogP contribution in [0.4, 0.5) is 0 Å². The summed E-state index contributed by atoms with van der Waals surface area (Å²) in [4.78, 5) is 15.5. The number of hydrogen-bond donors (Lipinski definition) is 0. The molecule has 12 aromatic rings. The van der Waals surface area contributed by atoms with Crippen molar-refractivity contribution < 1.29 is 8.83 Å². The van der Waals surface area contributed by atoms with Gasteiger partial charge in [-0.05, 0) is 41.0 Å². The van der Waals surface area contributed by atoms with Crippen LogP contribution in [0.15, 0.2) is 209 Å². The third-order valence-corrected chi connectivity index (χ3v) is 11.5. The number of hydrogen-bond acceptors (Lipinski definition) is 5. The lowest BCUT2D eigenvalue weighted by Gasteiger charge is -2.11. The second kappa shape index (κ2) is 13.8. The van der Waals surface area contributed by atoms with E-state index in [1.165, 1.54) is 0 Å². The highest BCUT2D eigenvalue weighted by molar-refractivity contribution is 6.21. The molecule has 0 saturated heterocycles. The highest BCUT2D eigenvalue weighted by Crippen LogP contribution is 2.41. The predicted octanol–water partition coefficient (Wildman–Crippen LogP) is 14.8. The molecule has 0 aliphatic carbocycles. The van der Waals surface area contributed by atoms with Crippen LogP contribution in [0.5, 0.6) is 0 Å². The number of rotatable bonds is 6. The van der Waals surface area contributed by atoms with E-state index in [0.717, 1.165) is 116 Å². The van der Waals surface area contributed by atoms with Crippen LogP contribution in [0.3, 0.4) is 0 Å². The summed E-state index contributed by atoms with van der Waals surface area (Å²) in [5, 5.41) is 5.45. The second-order valence-corrected chi connectivity index (χ2v) is 15.1. The van der Waals surface area contributed by atoms with Gasteiger partial charge < -0.3 is 8.83 Å². The minimum absolute atomic E-state index is 0.665. The molecule has 0 amide bonds. The Morgan fingerprint density at radius 1 is 0.317 bits per heavy atom.